The molecule has 136 valence electrons. The Morgan fingerprint density at radius 1 is 1.12 bits per heavy atom. The van der Waals surface area contributed by atoms with Crippen LogP contribution in [-0.4, -0.2) is 67.0 Å². The van der Waals surface area contributed by atoms with Crippen molar-refractivity contribution in [2.24, 2.45) is 11.7 Å². The van der Waals surface area contributed by atoms with Gasteiger partial charge in [-0.05, 0) is 24.8 Å². The first kappa shape index (κ1) is 17.9. The molecule has 2 heterocycles. The molecule has 0 spiro atoms. The molecule has 0 radical (unpaired) electrons. The normalized spacial score (nSPS) is 22.7. The summed E-state index contributed by atoms with van der Waals surface area (Å²) in [6.07, 6.45) is 2.40. The van der Waals surface area contributed by atoms with E-state index >= 15 is 0 Å². The largest absolute Gasteiger partial charge is 0.381 e. The molecule has 1 unspecified atom stereocenters. The van der Waals surface area contributed by atoms with Gasteiger partial charge < -0.3 is 15.4 Å². The molecular weight excluding hydrogens is 318 g/mol. The maximum absolute atomic E-state index is 12.8. The van der Waals surface area contributed by atoms with E-state index in [1.54, 1.807) is 4.90 Å². The fourth-order valence-corrected chi connectivity index (χ4v) is 3.66. The summed E-state index contributed by atoms with van der Waals surface area (Å²) in [6.45, 7) is 3.98. The van der Waals surface area contributed by atoms with Gasteiger partial charge in [0.1, 0.15) is 6.04 Å². The molecular formula is C19H27N3O3. The summed E-state index contributed by atoms with van der Waals surface area (Å²) in [5, 5.41) is 0. The van der Waals surface area contributed by atoms with Crippen molar-refractivity contribution in [2.75, 3.05) is 39.4 Å². The summed E-state index contributed by atoms with van der Waals surface area (Å²) in [4.78, 5) is 28.7. The van der Waals surface area contributed by atoms with Crippen LogP contribution in [0.4, 0.5) is 0 Å². The molecule has 1 aromatic rings. The fraction of sp³-hybridized carbons (Fsp3) is 0.579. The van der Waals surface area contributed by atoms with Crippen molar-refractivity contribution in [3.8, 4) is 0 Å². The lowest BCUT2D eigenvalue weighted by atomic mass is 9.97. The molecule has 0 bridgehead atoms. The molecule has 25 heavy (non-hydrogen) atoms. The van der Waals surface area contributed by atoms with Gasteiger partial charge >= 0.3 is 0 Å². The standard InChI is InChI=1S/C19H27N3O3/c20-18(23)17-14-21(9-6-15-4-2-1-3-5-15)10-11-22(17)19(24)16-7-12-25-13-8-16/h1-5,16-17H,6-14H2,(H2,20,23). The second-order valence-corrected chi connectivity index (χ2v) is 6.87. The van der Waals surface area contributed by atoms with Crippen LogP contribution in [0.2, 0.25) is 0 Å². The van der Waals surface area contributed by atoms with Crippen molar-refractivity contribution in [1.82, 2.24) is 9.80 Å². The zero-order valence-corrected chi connectivity index (χ0v) is 14.6. The molecule has 0 aromatic heterocycles. The van der Waals surface area contributed by atoms with Crippen molar-refractivity contribution in [2.45, 2.75) is 25.3 Å². The molecule has 2 N–H and O–H groups in total. The van der Waals surface area contributed by atoms with E-state index in [-0.39, 0.29) is 11.8 Å². The highest BCUT2D eigenvalue weighted by Gasteiger charge is 2.37. The second-order valence-electron chi connectivity index (χ2n) is 6.87. The third-order valence-corrected chi connectivity index (χ3v) is 5.21. The van der Waals surface area contributed by atoms with Crippen molar-refractivity contribution in [3.05, 3.63) is 35.9 Å². The fourth-order valence-electron chi connectivity index (χ4n) is 3.66. The average Bonchev–Trinajstić information content (AvgIpc) is 2.67. The van der Waals surface area contributed by atoms with Gasteiger partial charge in [-0.3, -0.25) is 14.5 Å². The van der Waals surface area contributed by atoms with E-state index in [0.29, 0.717) is 26.3 Å². The van der Waals surface area contributed by atoms with Crippen LogP contribution in [0.5, 0.6) is 0 Å². The van der Waals surface area contributed by atoms with Gasteiger partial charge in [-0.2, -0.15) is 0 Å². The van der Waals surface area contributed by atoms with Gasteiger partial charge in [0.15, 0.2) is 0 Å². The Balaban J connectivity index is 1.58. The summed E-state index contributed by atoms with van der Waals surface area (Å²) in [6, 6.07) is 9.76. The first-order valence-electron chi connectivity index (χ1n) is 9.09. The highest BCUT2D eigenvalue weighted by molar-refractivity contribution is 5.88. The number of rotatable bonds is 5. The van der Waals surface area contributed by atoms with Crippen LogP contribution < -0.4 is 5.73 Å². The lowest BCUT2D eigenvalue weighted by Crippen LogP contribution is -2.61. The molecule has 2 aliphatic rings. The molecule has 6 nitrogen and oxygen atoms in total. The number of carbonyl (C=O) groups excluding carboxylic acids is 2. The summed E-state index contributed by atoms with van der Waals surface area (Å²) in [5.41, 5.74) is 6.89. The maximum Gasteiger partial charge on any atom is 0.241 e. The second kappa shape index (κ2) is 8.45. The molecule has 2 aliphatic heterocycles. The Labute approximate surface area is 148 Å². The minimum Gasteiger partial charge on any atom is -0.381 e. The highest BCUT2D eigenvalue weighted by atomic mass is 16.5. The lowest BCUT2D eigenvalue weighted by Gasteiger charge is -2.41. The zero-order chi connectivity index (χ0) is 17.6. The smallest absolute Gasteiger partial charge is 0.241 e. The van der Waals surface area contributed by atoms with Crippen molar-refractivity contribution < 1.29 is 14.3 Å². The van der Waals surface area contributed by atoms with Gasteiger partial charge in [0.25, 0.3) is 0 Å². The third-order valence-electron chi connectivity index (χ3n) is 5.21. The van der Waals surface area contributed by atoms with Crippen LogP contribution in [0.25, 0.3) is 0 Å². The highest BCUT2D eigenvalue weighted by Crippen LogP contribution is 2.21. The number of primary amides is 1. The van der Waals surface area contributed by atoms with Crippen LogP contribution in [0, 0.1) is 5.92 Å². The van der Waals surface area contributed by atoms with Crippen LogP contribution in [-0.2, 0) is 20.7 Å². The van der Waals surface area contributed by atoms with E-state index in [4.69, 9.17) is 10.5 Å². The van der Waals surface area contributed by atoms with E-state index in [1.807, 2.05) is 18.2 Å². The maximum atomic E-state index is 12.8. The molecule has 1 aromatic carbocycles. The van der Waals surface area contributed by atoms with Gasteiger partial charge in [0.05, 0.1) is 0 Å². The number of amides is 2. The Morgan fingerprint density at radius 3 is 2.52 bits per heavy atom. The third kappa shape index (κ3) is 4.58. The zero-order valence-electron chi connectivity index (χ0n) is 14.6. The van der Waals surface area contributed by atoms with Gasteiger partial charge in [-0.25, -0.2) is 0 Å². The van der Waals surface area contributed by atoms with Gasteiger partial charge in [0, 0.05) is 45.3 Å². The molecule has 3 rings (SSSR count). The van der Waals surface area contributed by atoms with Crippen molar-refractivity contribution >= 4 is 11.8 Å². The summed E-state index contributed by atoms with van der Waals surface area (Å²) >= 11 is 0. The first-order valence-corrected chi connectivity index (χ1v) is 9.09. The SMILES string of the molecule is NC(=O)C1CN(CCc2ccccc2)CCN1C(=O)C1CCOCC1. The minimum absolute atomic E-state index is 0.0357. The minimum atomic E-state index is -0.528. The summed E-state index contributed by atoms with van der Waals surface area (Å²) < 4.78 is 5.33. The number of piperazine rings is 1. The van der Waals surface area contributed by atoms with E-state index in [0.717, 1.165) is 32.4 Å². The van der Waals surface area contributed by atoms with E-state index in [1.165, 1.54) is 5.56 Å². The Bertz CT molecular complexity index is 587. The molecule has 1 atom stereocenters. The monoisotopic (exact) mass is 345 g/mol. The van der Waals surface area contributed by atoms with Crippen LogP contribution in [0.1, 0.15) is 18.4 Å². The Morgan fingerprint density at radius 2 is 1.84 bits per heavy atom. The molecule has 2 saturated heterocycles. The molecule has 6 heteroatoms. The van der Waals surface area contributed by atoms with Gasteiger partial charge in [-0.15, -0.1) is 0 Å². The Kier molecular flexibility index (Phi) is 6.04. The number of nitrogens with two attached hydrogens (primary N) is 1. The number of nitrogens with zero attached hydrogens (tertiary/aromatic N) is 2. The number of benzene rings is 1. The molecule has 2 fully saturated rings. The van der Waals surface area contributed by atoms with Crippen LogP contribution in [0.15, 0.2) is 30.3 Å². The van der Waals surface area contributed by atoms with E-state index < -0.39 is 11.9 Å². The van der Waals surface area contributed by atoms with Crippen LogP contribution >= 0.6 is 0 Å². The van der Waals surface area contributed by atoms with Gasteiger partial charge in [-0.1, -0.05) is 30.3 Å². The van der Waals surface area contributed by atoms with Crippen LogP contribution in [0.3, 0.4) is 0 Å². The summed E-state index contributed by atoms with van der Waals surface area (Å²) in [5.74, 6) is -0.383. The number of carbonyl (C=O) groups is 2. The van der Waals surface area contributed by atoms with Crippen molar-refractivity contribution in [1.29, 1.82) is 0 Å². The van der Waals surface area contributed by atoms with E-state index in [2.05, 4.69) is 17.0 Å². The molecule has 2 amide bonds. The predicted octanol–water partition coefficient (Wildman–Crippen LogP) is 0.654. The van der Waals surface area contributed by atoms with E-state index in [9.17, 15) is 9.59 Å². The molecule has 0 aliphatic carbocycles. The number of ether oxygens (including phenoxy) is 1. The quantitative estimate of drug-likeness (QED) is 0.850. The number of hydrogen-bond donors (Lipinski definition) is 1. The average molecular weight is 345 g/mol. The number of hydrogen-bond acceptors (Lipinski definition) is 4. The van der Waals surface area contributed by atoms with Gasteiger partial charge in [0.2, 0.25) is 11.8 Å². The summed E-state index contributed by atoms with van der Waals surface area (Å²) in [7, 11) is 0. The predicted molar refractivity (Wildman–Crippen MR) is 94.8 cm³/mol. The topological polar surface area (TPSA) is 75.9 Å². The Hall–Kier alpha value is -1.92. The molecule has 0 saturated carbocycles. The first-order chi connectivity index (χ1) is 12.1. The van der Waals surface area contributed by atoms with Crippen molar-refractivity contribution in [3.63, 3.8) is 0 Å². The lowest BCUT2D eigenvalue weighted by molar-refractivity contribution is -0.148.